The maximum absolute atomic E-state index is 11.9. The fraction of sp³-hybridized carbons (Fsp3) is 0.571. The number of hydroxylamine groups is 1. The molecule has 0 saturated heterocycles. The summed E-state index contributed by atoms with van der Waals surface area (Å²) in [7, 11) is 0. The normalized spacial score (nSPS) is 19.0. The maximum Gasteiger partial charge on any atom is 0.284 e. The first-order valence-electron chi connectivity index (χ1n) is 7.09. The minimum absolute atomic E-state index is 0.0565. The van der Waals surface area contributed by atoms with Crippen molar-refractivity contribution >= 4 is 28.2 Å². The Balaban J connectivity index is 1.49. The van der Waals surface area contributed by atoms with Crippen LogP contribution in [-0.4, -0.2) is 17.9 Å². The third kappa shape index (κ3) is 3.37. The Morgan fingerprint density at radius 1 is 1.15 bits per heavy atom. The number of hydrogen-bond donors (Lipinski definition) is 2. The average molecular weight is 294 g/mol. The van der Waals surface area contributed by atoms with Gasteiger partial charge in [-0.05, 0) is 37.8 Å². The highest BCUT2D eigenvalue weighted by molar-refractivity contribution is 7.18. The Hall–Kier alpha value is -1.40. The summed E-state index contributed by atoms with van der Waals surface area (Å²) < 4.78 is 0. The van der Waals surface area contributed by atoms with E-state index in [4.69, 9.17) is 4.84 Å². The minimum Gasteiger partial charge on any atom is -0.317 e. The van der Waals surface area contributed by atoms with Gasteiger partial charge in [-0.3, -0.25) is 14.4 Å². The molecular formula is C14H18N2O3S. The monoisotopic (exact) mass is 294 g/mol. The fourth-order valence-electron chi connectivity index (χ4n) is 2.29. The minimum atomic E-state index is -0.242. The zero-order valence-corrected chi connectivity index (χ0v) is 12.0. The molecule has 0 aliphatic heterocycles. The van der Waals surface area contributed by atoms with Crippen molar-refractivity contribution in [2.75, 3.05) is 5.32 Å². The molecule has 3 rings (SSSR count). The van der Waals surface area contributed by atoms with Gasteiger partial charge in [0.25, 0.3) is 5.91 Å². The van der Waals surface area contributed by atoms with Crippen molar-refractivity contribution < 1.29 is 14.4 Å². The highest BCUT2D eigenvalue weighted by Crippen LogP contribution is 2.31. The van der Waals surface area contributed by atoms with E-state index in [1.54, 1.807) is 12.1 Å². The molecule has 2 aliphatic rings. The van der Waals surface area contributed by atoms with Gasteiger partial charge in [0.2, 0.25) is 5.91 Å². The molecule has 2 N–H and O–H groups in total. The number of anilines is 1. The van der Waals surface area contributed by atoms with Gasteiger partial charge >= 0.3 is 0 Å². The summed E-state index contributed by atoms with van der Waals surface area (Å²) in [6.07, 6.45) is 6.43. The number of thiophene rings is 1. The number of amides is 2. The number of carbonyl (C=O) groups excluding carboxylic acids is 2. The Kier molecular flexibility index (Phi) is 4.03. The van der Waals surface area contributed by atoms with Crippen LogP contribution < -0.4 is 10.8 Å². The fourth-order valence-corrected chi connectivity index (χ4v) is 3.08. The number of nitrogens with one attached hydrogen (secondary N) is 2. The van der Waals surface area contributed by atoms with Crippen molar-refractivity contribution in [3.63, 3.8) is 0 Å². The molecule has 1 aromatic heterocycles. The molecule has 2 saturated carbocycles. The first kappa shape index (κ1) is 13.6. The predicted molar refractivity (Wildman–Crippen MR) is 76.5 cm³/mol. The van der Waals surface area contributed by atoms with E-state index in [-0.39, 0.29) is 23.8 Å². The topological polar surface area (TPSA) is 67.4 Å². The lowest BCUT2D eigenvalue weighted by atomic mass is 10.3. The van der Waals surface area contributed by atoms with Gasteiger partial charge in [-0.25, -0.2) is 5.48 Å². The van der Waals surface area contributed by atoms with E-state index >= 15 is 0 Å². The molecule has 0 atom stereocenters. The second kappa shape index (κ2) is 5.93. The van der Waals surface area contributed by atoms with Gasteiger partial charge in [0.1, 0.15) is 0 Å². The molecule has 2 fully saturated rings. The van der Waals surface area contributed by atoms with Crippen LogP contribution in [0.3, 0.4) is 0 Å². The van der Waals surface area contributed by atoms with Crippen LogP contribution >= 0.6 is 11.3 Å². The molecule has 0 unspecified atom stereocenters. The summed E-state index contributed by atoms with van der Waals surface area (Å²) >= 11 is 1.27. The Morgan fingerprint density at radius 2 is 1.90 bits per heavy atom. The van der Waals surface area contributed by atoms with Gasteiger partial charge in [-0.15, -0.1) is 11.3 Å². The quantitative estimate of drug-likeness (QED) is 0.820. The second-order valence-electron chi connectivity index (χ2n) is 5.38. The van der Waals surface area contributed by atoms with Crippen LogP contribution in [0.15, 0.2) is 12.1 Å². The lowest BCUT2D eigenvalue weighted by Gasteiger charge is -2.10. The van der Waals surface area contributed by atoms with E-state index in [1.165, 1.54) is 11.3 Å². The highest BCUT2D eigenvalue weighted by Gasteiger charge is 2.29. The molecule has 0 aromatic carbocycles. The first-order valence-corrected chi connectivity index (χ1v) is 7.91. The Labute approximate surface area is 121 Å². The van der Waals surface area contributed by atoms with Gasteiger partial charge in [0.05, 0.1) is 16.0 Å². The largest absolute Gasteiger partial charge is 0.317 e. The zero-order valence-electron chi connectivity index (χ0n) is 11.2. The van der Waals surface area contributed by atoms with Crippen LogP contribution in [0.4, 0.5) is 5.00 Å². The summed E-state index contributed by atoms with van der Waals surface area (Å²) in [5.41, 5.74) is 2.50. The molecular weight excluding hydrogens is 276 g/mol. The van der Waals surface area contributed by atoms with Gasteiger partial charge in [0, 0.05) is 5.92 Å². The smallest absolute Gasteiger partial charge is 0.284 e. The zero-order chi connectivity index (χ0) is 13.9. The standard InChI is InChI=1S/C14H18N2O3S/c17-13(9-5-6-9)15-12-8-7-11(20-12)14(18)16-19-10-3-1-2-4-10/h7-10H,1-6H2,(H,15,17)(H,16,18). The van der Waals surface area contributed by atoms with Crippen molar-refractivity contribution in [2.24, 2.45) is 5.92 Å². The maximum atomic E-state index is 11.9. The molecule has 2 aliphatic carbocycles. The van der Waals surface area contributed by atoms with Gasteiger partial charge < -0.3 is 5.32 Å². The van der Waals surface area contributed by atoms with Crippen LogP contribution in [0.5, 0.6) is 0 Å². The van der Waals surface area contributed by atoms with Crippen LogP contribution in [0.25, 0.3) is 0 Å². The van der Waals surface area contributed by atoms with Crippen molar-refractivity contribution in [3.05, 3.63) is 17.0 Å². The van der Waals surface area contributed by atoms with Crippen LogP contribution in [0.1, 0.15) is 48.2 Å². The molecule has 1 aromatic rings. The predicted octanol–water partition coefficient (Wildman–Crippen LogP) is 2.70. The SMILES string of the molecule is O=C(NOC1CCCC1)c1ccc(NC(=O)C2CC2)s1. The van der Waals surface area contributed by atoms with E-state index < -0.39 is 0 Å². The van der Waals surface area contributed by atoms with Crippen LogP contribution in [0, 0.1) is 5.92 Å². The molecule has 6 heteroatoms. The summed E-state index contributed by atoms with van der Waals surface area (Å²) in [4.78, 5) is 29.5. The summed E-state index contributed by atoms with van der Waals surface area (Å²) in [5, 5.41) is 3.55. The summed E-state index contributed by atoms with van der Waals surface area (Å²) in [6.45, 7) is 0. The number of hydrogen-bond acceptors (Lipinski definition) is 4. The van der Waals surface area contributed by atoms with E-state index in [9.17, 15) is 9.59 Å². The van der Waals surface area contributed by atoms with Gasteiger partial charge in [0.15, 0.2) is 0 Å². The van der Waals surface area contributed by atoms with Crippen molar-refractivity contribution in [3.8, 4) is 0 Å². The molecule has 20 heavy (non-hydrogen) atoms. The Morgan fingerprint density at radius 3 is 2.60 bits per heavy atom. The molecule has 0 spiro atoms. The average Bonchev–Trinajstić information content (AvgIpc) is 2.98. The van der Waals surface area contributed by atoms with Crippen molar-refractivity contribution in [2.45, 2.75) is 44.6 Å². The third-order valence-corrected chi connectivity index (χ3v) is 4.64. The number of carbonyl (C=O) groups is 2. The van der Waals surface area contributed by atoms with Crippen molar-refractivity contribution in [1.82, 2.24) is 5.48 Å². The molecule has 1 heterocycles. The van der Waals surface area contributed by atoms with E-state index in [2.05, 4.69) is 10.8 Å². The molecule has 0 radical (unpaired) electrons. The second-order valence-corrected chi connectivity index (χ2v) is 6.47. The molecule has 108 valence electrons. The lowest BCUT2D eigenvalue weighted by molar-refractivity contribution is -0.117. The highest BCUT2D eigenvalue weighted by atomic mass is 32.1. The van der Waals surface area contributed by atoms with Crippen molar-refractivity contribution in [1.29, 1.82) is 0 Å². The number of rotatable bonds is 5. The van der Waals surface area contributed by atoms with Crippen LogP contribution in [-0.2, 0) is 9.63 Å². The summed E-state index contributed by atoms with van der Waals surface area (Å²) in [5.74, 6) is -0.0186. The van der Waals surface area contributed by atoms with E-state index in [0.717, 1.165) is 38.5 Å². The van der Waals surface area contributed by atoms with Gasteiger partial charge in [-0.2, -0.15) is 0 Å². The van der Waals surface area contributed by atoms with Crippen LogP contribution in [0.2, 0.25) is 0 Å². The van der Waals surface area contributed by atoms with Gasteiger partial charge in [-0.1, -0.05) is 12.8 Å². The first-order chi connectivity index (χ1) is 9.72. The Bertz CT molecular complexity index is 504. The van der Waals surface area contributed by atoms with E-state index in [1.807, 2.05) is 0 Å². The third-order valence-electron chi connectivity index (χ3n) is 3.64. The van der Waals surface area contributed by atoms with E-state index in [0.29, 0.717) is 9.88 Å². The lowest BCUT2D eigenvalue weighted by Crippen LogP contribution is -2.27. The molecule has 5 nitrogen and oxygen atoms in total. The molecule has 2 amide bonds. The molecule has 0 bridgehead atoms. The summed E-state index contributed by atoms with van der Waals surface area (Å²) in [6, 6.07) is 3.47.